The molecular weight excluding hydrogens is 238 g/mol. The number of nitrogens with one attached hydrogen (secondary N) is 1. The summed E-state index contributed by atoms with van der Waals surface area (Å²) in [7, 11) is 0. The van der Waals surface area contributed by atoms with Gasteiger partial charge in [-0.1, -0.05) is 33.1 Å². The normalized spacial score (nSPS) is 36.2. The first-order valence-corrected chi connectivity index (χ1v) is 8.22. The van der Waals surface area contributed by atoms with Gasteiger partial charge < -0.3 is 15.2 Å². The van der Waals surface area contributed by atoms with Crippen LogP contribution in [0.2, 0.25) is 0 Å². The maximum Gasteiger partial charge on any atom is 0.0897 e. The van der Waals surface area contributed by atoms with Crippen molar-refractivity contribution < 1.29 is 9.84 Å². The molecule has 19 heavy (non-hydrogen) atoms. The lowest BCUT2D eigenvalue weighted by molar-refractivity contribution is -0.0307. The van der Waals surface area contributed by atoms with Crippen LogP contribution in [0.25, 0.3) is 0 Å². The van der Waals surface area contributed by atoms with Crippen LogP contribution in [0.15, 0.2) is 0 Å². The van der Waals surface area contributed by atoms with Crippen LogP contribution in [0.5, 0.6) is 0 Å². The molecule has 2 fully saturated rings. The maximum absolute atomic E-state index is 9.95. The van der Waals surface area contributed by atoms with Gasteiger partial charge in [0.05, 0.1) is 18.8 Å². The third-order valence-electron chi connectivity index (χ3n) is 4.61. The van der Waals surface area contributed by atoms with Gasteiger partial charge in [0.2, 0.25) is 0 Å². The van der Waals surface area contributed by atoms with E-state index >= 15 is 0 Å². The highest BCUT2D eigenvalue weighted by molar-refractivity contribution is 4.92. The predicted octanol–water partition coefficient (Wildman–Crippen LogP) is 2.72. The van der Waals surface area contributed by atoms with E-state index in [0.717, 1.165) is 11.8 Å². The quantitative estimate of drug-likeness (QED) is 0.712. The molecule has 0 aromatic carbocycles. The summed E-state index contributed by atoms with van der Waals surface area (Å²) in [6.07, 6.45) is 8.88. The van der Waals surface area contributed by atoms with Crippen LogP contribution in [0.1, 0.15) is 58.8 Å². The lowest BCUT2D eigenvalue weighted by Crippen LogP contribution is -2.34. The van der Waals surface area contributed by atoms with Crippen molar-refractivity contribution >= 4 is 0 Å². The topological polar surface area (TPSA) is 41.5 Å². The van der Waals surface area contributed by atoms with Crippen molar-refractivity contribution in [3.8, 4) is 0 Å². The van der Waals surface area contributed by atoms with Crippen LogP contribution in [0, 0.1) is 11.8 Å². The third-order valence-corrected chi connectivity index (χ3v) is 4.61. The molecule has 0 aromatic rings. The summed E-state index contributed by atoms with van der Waals surface area (Å²) >= 11 is 0. The minimum atomic E-state index is -0.347. The summed E-state index contributed by atoms with van der Waals surface area (Å²) < 4.78 is 5.85. The molecule has 0 spiro atoms. The molecule has 0 amide bonds. The molecule has 5 atom stereocenters. The molecule has 0 bridgehead atoms. The number of aliphatic hydroxyl groups is 1. The first kappa shape index (κ1) is 15.3. The first-order valence-electron chi connectivity index (χ1n) is 8.22. The fraction of sp³-hybridized carbons (Fsp3) is 1.00. The van der Waals surface area contributed by atoms with E-state index in [1.807, 2.05) is 0 Å². The Balaban J connectivity index is 1.51. The van der Waals surface area contributed by atoms with Crippen molar-refractivity contribution in [3.63, 3.8) is 0 Å². The van der Waals surface area contributed by atoms with Gasteiger partial charge in [0.1, 0.15) is 0 Å². The summed E-state index contributed by atoms with van der Waals surface area (Å²) in [6.45, 7) is 5.72. The highest BCUT2D eigenvalue weighted by atomic mass is 16.5. The molecule has 3 nitrogen and oxygen atoms in total. The summed E-state index contributed by atoms with van der Waals surface area (Å²) in [5.74, 6) is 1.65. The van der Waals surface area contributed by atoms with Gasteiger partial charge in [0, 0.05) is 12.6 Å². The van der Waals surface area contributed by atoms with Gasteiger partial charge >= 0.3 is 0 Å². The SMILES string of the molecule is CCCC1CC1NCC(O)COC1CCCC(C)C1. The zero-order valence-electron chi connectivity index (χ0n) is 12.6. The summed E-state index contributed by atoms with van der Waals surface area (Å²) in [6, 6.07) is 0.657. The maximum atomic E-state index is 9.95. The highest BCUT2D eigenvalue weighted by Gasteiger charge is 2.35. The van der Waals surface area contributed by atoms with Crippen molar-refractivity contribution in [1.82, 2.24) is 5.32 Å². The van der Waals surface area contributed by atoms with Gasteiger partial charge in [-0.2, -0.15) is 0 Å². The number of aliphatic hydroxyl groups excluding tert-OH is 1. The van der Waals surface area contributed by atoms with Gasteiger partial charge in [0.25, 0.3) is 0 Å². The molecule has 3 heteroatoms. The van der Waals surface area contributed by atoms with Crippen LogP contribution in [-0.4, -0.2) is 36.5 Å². The van der Waals surface area contributed by atoms with Crippen molar-refractivity contribution in [2.24, 2.45) is 11.8 Å². The lowest BCUT2D eigenvalue weighted by Gasteiger charge is -2.27. The minimum Gasteiger partial charge on any atom is -0.389 e. The van der Waals surface area contributed by atoms with Gasteiger partial charge in [-0.05, 0) is 37.5 Å². The molecular formula is C16H31NO2. The second kappa shape index (κ2) is 7.61. The zero-order chi connectivity index (χ0) is 13.7. The van der Waals surface area contributed by atoms with E-state index in [0.29, 0.717) is 25.3 Å². The van der Waals surface area contributed by atoms with E-state index in [-0.39, 0.29) is 6.10 Å². The minimum absolute atomic E-state index is 0.347. The van der Waals surface area contributed by atoms with Crippen LogP contribution in [0.3, 0.4) is 0 Å². The van der Waals surface area contributed by atoms with E-state index in [2.05, 4.69) is 19.2 Å². The summed E-state index contributed by atoms with van der Waals surface area (Å²) in [4.78, 5) is 0. The molecule has 2 rings (SSSR count). The monoisotopic (exact) mass is 269 g/mol. The standard InChI is InChI=1S/C16H31NO2/c1-3-5-13-9-16(13)17-10-14(18)11-19-15-7-4-6-12(2)8-15/h12-18H,3-11H2,1-2H3. The van der Waals surface area contributed by atoms with E-state index in [1.165, 1.54) is 44.9 Å². The van der Waals surface area contributed by atoms with Crippen molar-refractivity contribution in [3.05, 3.63) is 0 Å². The molecule has 5 unspecified atom stereocenters. The Morgan fingerprint density at radius 2 is 2.16 bits per heavy atom. The van der Waals surface area contributed by atoms with Crippen molar-refractivity contribution in [2.45, 2.75) is 77.0 Å². The van der Waals surface area contributed by atoms with E-state index in [4.69, 9.17) is 4.74 Å². The Morgan fingerprint density at radius 1 is 1.32 bits per heavy atom. The average molecular weight is 269 g/mol. The predicted molar refractivity (Wildman–Crippen MR) is 78.2 cm³/mol. The molecule has 0 saturated heterocycles. The number of rotatable bonds is 8. The molecule has 0 aromatic heterocycles. The van der Waals surface area contributed by atoms with E-state index in [1.54, 1.807) is 0 Å². The fourth-order valence-electron chi connectivity index (χ4n) is 3.31. The number of ether oxygens (including phenoxy) is 1. The van der Waals surface area contributed by atoms with Gasteiger partial charge in [-0.15, -0.1) is 0 Å². The molecule has 2 saturated carbocycles. The molecule has 2 aliphatic carbocycles. The van der Waals surface area contributed by atoms with Crippen LogP contribution in [-0.2, 0) is 4.74 Å². The Morgan fingerprint density at radius 3 is 2.89 bits per heavy atom. The number of hydrogen-bond acceptors (Lipinski definition) is 3. The Bertz CT molecular complexity index is 259. The second-order valence-electron chi connectivity index (χ2n) is 6.68. The smallest absolute Gasteiger partial charge is 0.0897 e. The Kier molecular flexibility index (Phi) is 6.11. The molecule has 0 heterocycles. The third kappa shape index (κ3) is 5.41. The fourth-order valence-corrected chi connectivity index (χ4v) is 3.31. The average Bonchev–Trinajstić information content (AvgIpc) is 3.13. The molecule has 0 aliphatic heterocycles. The number of hydrogen-bond donors (Lipinski definition) is 2. The molecule has 2 aliphatic rings. The largest absolute Gasteiger partial charge is 0.389 e. The lowest BCUT2D eigenvalue weighted by atomic mass is 9.89. The van der Waals surface area contributed by atoms with E-state index < -0.39 is 0 Å². The Labute approximate surface area is 118 Å². The zero-order valence-corrected chi connectivity index (χ0v) is 12.6. The van der Waals surface area contributed by atoms with Crippen LogP contribution < -0.4 is 5.32 Å². The van der Waals surface area contributed by atoms with Gasteiger partial charge in [-0.25, -0.2) is 0 Å². The van der Waals surface area contributed by atoms with Crippen LogP contribution >= 0.6 is 0 Å². The Hall–Kier alpha value is -0.120. The van der Waals surface area contributed by atoms with Gasteiger partial charge in [-0.3, -0.25) is 0 Å². The van der Waals surface area contributed by atoms with Crippen LogP contribution in [0.4, 0.5) is 0 Å². The second-order valence-corrected chi connectivity index (χ2v) is 6.68. The highest BCUT2D eigenvalue weighted by Crippen LogP contribution is 2.34. The van der Waals surface area contributed by atoms with Gasteiger partial charge in [0.15, 0.2) is 0 Å². The molecule has 0 radical (unpaired) electrons. The van der Waals surface area contributed by atoms with Crippen molar-refractivity contribution in [1.29, 1.82) is 0 Å². The first-order chi connectivity index (χ1) is 9.19. The van der Waals surface area contributed by atoms with Crippen molar-refractivity contribution in [2.75, 3.05) is 13.2 Å². The van der Waals surface area contributed by atoms with E-state index in [9.17, 15) is 5.11 Å². The summed E-state index contributed by atoms with van der Waals surface area (Å²) in [5.41, 5.74) is 0. The molecule has 112 valence electrons. The summed E-state index contributed by atoms with van der Waals surface area (Å²) in [5, 5.41) is 13.4. The molecule has 2 N–H and O–H groups in total.